The minimum atomic E-state index is -0.788. The second kappa shape index (κ2) is 11.0. The largest absolute Gasteiger partial charge is 0.452 e. The third-order valence-corrected chi connectivity index (χ3v) is 7.22. The van der Waals surface area contributed by atoms with Gasteiger partial charge in [-0.1, -0.05) is 47.5 Å². The van der Waals surface area contributed by atoms with E-state index in [9.17, 15) is 18.4 Å². The average molecular weight is 556 g/mol. The van der Waals surface area contributed by atoms with Crippen molar-refractivity contribution in [1.29, 1.82) is 0 Å². The summed E-state index contributed by atoms with van der Waals surface area (Å²) >= 11 is 11.7. The molecule has 10 heteroatoms. The van der Waals surface area contributed by atoms with Crippen molar-refractivity contribution in [2.45, 2.75) is 25.3 Å². The second-order valence-corrected chi connectivity index (χ2v) is 9.78. The first-order valence-electron chi connectivity index (χ1n) is 11.9. The van der Waals surface area contributed by atoms with E-state index in [1.54, 1.807) is 24.3 Å². The van der Waals surface area contributed by atoms with Crippen molar-refractivity contribution in [3.8, 4) is 0 Å². The fraction of sp³-hybridized carbons (Fsp3) is 0.214. The zero-order chi connectivity index (χ0) is 26.8. The van der Waals surface area contributed by atoms with E-state index in [4.69, 9.17) is 27.9 Å². The highest BCUT2D eigenvalue weighted by molar-refractivity contribution is 6.41. The third-order valence-electron chi connectivity index (χ3n) is 6.54. The summed E-state index contributed by atoms with van der Waals surface area (Å²) in [4.78, 5) is 29.7. The molecule has 6 nitrogen and oxygen atoms in total. The maximum absolute atomic E-state index is 13.7. The van der Waals surface area contributed by atoms with E-state index in [0.717, 1.165) is 36.1 Å². The standard InChI is InChI=1S/C28H21Cl2F2N3O3/c29-23-13-19(14-33-27(23)30)28(37)38-15-24(36)35-26(17-6-10-21(32)11-7-17)22-3-1-2-18(25(22)34-35)12-16-4-8-20(31)9-5-16/h4-14,22,26H,1-3,15H2. The molecule has 2 aliphatic rings. The fourth-order valence-corrected chi connectivity index (χ4v) is 5.04. The number of rotatable bonds is 5. The van der Waals surface area contributed by atoms with Gasteiger partial charge in [0.25, 0.3) is 5.91 Å². The van der Waals surface area contributed by atoms with Crippen LogP contribution in [0.4, 0.5) is 8.78 Å². The molecule has 1 aliphatic carbocycles. The van der Waals surface area contributed by atoms with E-state index >= 15 is 0 Å². The quantitative estimate of drug-likeness (QED) is 0.261. The Hall–Kier alpha value is -3.62. The molecule has 2 atom stereocenters. The summed E-state index contributed by atoms with van der Waals surface area (Å²) in [6.45, 7) is -0.572. The number of aromatic nitrogens is 1. The Balaban J connectivity index is 1.42. The van der Waals surface area contributed by atoms with Gasteiger partial charge in [0, 0.05) is 12.1 Å². The number of benzene rings is 2. The SMILES string of the molecule is O=C(OCC(=O)N1N=C2C(=Cc3ccc(F)cc3)CCCC2C1c1ccc(F)cc1)c1cnc(Cl)c(Cl)c1. The van der Waals surface area contributed by atoms with Crippen LogP contribution in [0.15, 0.2) is 71.5 Å². The number of pyridine rings is 1. The first-order valence-corrected chi connectivity index (χ1v) is 12.7. The molecule has 38 heavy (non-hydrogen) atoms. The van der Waals surface area contributed by atoms with Crippen molar-refractivity contribution in [2.24, 2.45) is 11.0 Å². The molecule has 5 rings (SSSR count). The van der Waals surface area contributed by atoms with E-state index in [2.05, 4.69) is 10.1 Å². The third kappa shape index (κ3) is 5.47. The number of esters is 1. The van der Waals surface area contributed by atoms with Crippen molar-refractivity contribution in [1.82, 2.24) is 9.99 Å². The first kappa shape index (κ1) is 26.0. The van der Waals surface area contributed by atoms with Crippen LogP contribution >= 0.6 is 23.2 Å². The molecule has 2 heterocycles. The van der Waals surface area contributed by atoms with Gasteiger partial charge >= 0.3 is 5.97 Å². The predicted octanol–water partition coefficient (Wildman–Crippen LogP) is 6.65. The van der Waals surface area contributed by atoms with Gasteiger partial charge < -0.3 is 4.74 Å². The molecule has 2 aromatic carbocycles. The Kier molecular flexibility index (Phi) is 7.53. The number of hydrogen-bond donors (Lipinski definition) is 0. The molecule has 3 aromatic rings. The maximum Gasteiger partial charge on any atom is 0.340 e. The van der Waals surface area contributed by atoms with Gasteiger partial charge in [-0.05, 0) is 72.4 Å². The summed E-state index contributed by atoms with van der Waals surface area (Å²) in [6, 6.07) is 12.9. The lowest BCUT2D eigenvalue weighted by Gasteiger charge is -2.29. The lowest BCUT2D eigenvalue weighted by molar-refractivity contribution is -0.137. The molecule has 1 aliphatic heterocycles. The number of hydrogen-bond acceptors (Lipinski definition) is 5. The topological polar surface area (TPSA) is 71.9 Å². The maximum atomic E-state index is 13.7. The first-order chi connectivity index (χ1) is 18.3. The van der Waals surface area contributed by atoms with Crippen LogP contribution in [-0.4, -0.2) is 34.2 Å². The molecule has 0 N–H and O–H groups in total. The number of nitrogens with zero attached hydrogens (tertiary/aromatic N) is 3. The van der Waals surface area contributed by atoms with E-state index in [1.807, 2.05) is 6.08 Å². The number of hydrazone groups is 1. The van der Waals surface area contributed by atoms with Gasteiger partial charge in [-0.2, -0.15) is 5.10 Å². The highest BCUT2D eigenvalue weighted by Crippen LogP contribution is 2.44. The molecule has 194 valence electrons. The summed E-state index contributed by atoms with van der Waals surface area (Å²) in [5.41, 5.74) is 3.26. The molecule has 0 bridgehead atoms. The van der Waals surface area contributed by atoms with Gasteiger partial charge in [-0.3, -0.25) is 4.79 Å². The number of allylic oxidation sites excluding steroid dienone is 1. The van der Waals surface area contributed by atoms with Crippen LogP contribution in [0.1, 0.15) is 46.8 Å². The van der Waals surface area contributed by atoms with Crippen LogP contribution in [0.3, 0.4) is 0 Å². The molecule has 1 amide bonds. The monoisotopic (exact) mass is 555 g/mol. The highest BCUT2D eigenvalue weighted by atomic mass is 35.5. The van der Waals surface area contributed by atoms with Crippen molar-refractivity contribution in [3.05, 3.63) is 105 Å². The van der Waals surface area contributed by atoms with E-state index < -0.39 is 30.3 Å². The van der Waals surface area contributed by atoms with E-state index in [0.29, 0.717) is 5.56 Å². The minimum Gasteiger partial charge on any atom is -0.452 e. The molecule has 1 saturated carbocycles. The Labute approximate surface area is 227 Å². The number of carbonyl (C=O) groups is 2. The summed E-state index contributed by atoms with van der Waals surface area (Å²) in [5.74, 6) is -2.19. The van der Waals surface area contributed by atoms with Crippen LogP contribution in [0.25, 0.3) is 6.08 Å². The lowest BCUT2D eigenvalue weighted by atomic mass is 9.77. The van der Waals surface area contributed by atoms with Gasteiger partial charge in [0.2, 0.25) is 0 Å². The Bertz CT molecular complexity index is 1440. The van der Waals surface area contributed by atoms with Gasteiger partial charge in [-0.15, -0.1) is 0 Å². The van der Waals surface area contributed by atoms with Crippen LogP contribution < -0.4 is 0 Å². The van der Waals surface area contributed by atoms with Crippen LogP contribution in [0.5, 0.6) is 0 Å². The number of ether oxygens (including phenoxy) is 1. The van der Waals surface area contributed by atoms with Crippen LogP contribution in [-0.2, 0) is 9.53 Å². The summed E-state index contributed by atoms with van der Waals surface area (Å²) < 4.78 is 32.3. The van der Waals surface area contributed by atoms with Gasteiger partial charge in [0.15, 0.2) is 6.61 Å². The second-order valence-electron chi connectivity index (χ2n) is 9.01. The minimum absolute atomic E-state index is 0.0430. The molecule has 1 aromatic heterocycles. The number of halogens is 4. The molecular formula is C28H21Cl2F2N3O3. The van der Waals surface area contributed by atoms with Crippen LogP contribution in [0, 0.1) is 17.6 Å². The predicted molar refractivity (Wildman–Crippen MR) is 140 cm³/mol. The zero-order valence-corrected chi connectivity index (χ0v) is 21.4. The van der Waals surface area contributed by atoms with Crippen molar-refractivity contribution in [2.75, 3.05) is 6.61 Å². The molecule has 0 saturated heterocycles. The van der Waals surface area contributed by atoms with E-state index in [-0.39, 0.29) is 27.5 Å². The van der Waals surface area contributed by atoms with Gasteiger partial charge in [-0.25, -0.2) is 23.6 Å². The lowest BCUT2D eigenvalue weighted by Crippen LogP contribution is -2.34. The van der Waals surface area contributed by atoms with Crippen molar-refractivity contribution in [3.63, 3.8) is 0 Å². The van der Waals surface area contributed by atoms with Gasteiger partial charge in [0.05, 0.1) is 22.3 Å². The Morgan fingerprint density at radius 2 is 1.74 bits per heavy atom. The number of amides is 1. The smallest absolute Gasteiger partial charge is 0.340 e. The highest BCUT2D eigenvalue weighted by Gasteiger charge is 2.43. The normalized spacial score (nSPS) is 19.7. The molecule has 1 fully saturated rings. The Morgan fingerprint density at radius 1 is 1.05 bits per heavy atom. The fourth-order valence-electron chi connectivity index (χ4n) is 4.77. The summed E-state index contributed by atoms with van der Waals surface area (Å²) in [5, 5.41) is 6.13. The summed E-state index contributed by atoms with van der Waals surface area (Å²) in [7, 11) is 0. The average Bonchev–Trinajstić information content (AvgIpc) is 3.31. The van der Waals surface area contributed by atoms with Crippen molar-refractivity contribution >= 4 is 46.9 Å². The molecular weight excluding hydrogens is 535 g/mol. The molecule has 0 radical (unpaired) electrons. The van der Waals surface area contributed by atoms with Gasteiger partial charge in [0.1, 0.15) is 16.8 Å². The van der Waals surface area contributed by atoms with Crippen LogP contribution in [0.2, 0.25) is 10.2 Å². The zero-order valence-electron chi connectivity index (χ0n) is 19.9. The number of carbonyl (C=O) groups excluding carboxylic acids is 2. The van der Waals surface area contributed by atoms with Crippen molar-refractivity contribution < 1.29 is 23.1 Å². The van der Waals surface area contributed by atoms with E-state index in [1.165, 1.54) is 41.5 Å². The number of fused-ring (bicyclic) bond motifs is 1. The molecule has 2 unspecified atom stereocenters. The molecule has 0 spiro atoms. The summed E-state index contributed by atoms with van der Waals surface area (Å²) in [6.07, 6.45) is 5.51. The Morgan fingerprint density at radius 3 is 2.42 bits per heavy atom.